The van der Waals surface area contributed by atoms with Gasteiger partial charge in [0.1, 0.15) is 17.6 Å². The fraction of sp³-hybridized carbons (Fsp3) is 0.381. The third-order valence-corrected chi connectivity index (χ3v) is 6.40. The Balaban J connectivity index is 1.75. The van der Waals surface area contributed by atoms with Gasteiger partial charge in [-0.25, -0.2) is 12.8 Å². The predicted octanol–water partition coefficient (Wildman–Crippen LogP) is 2.34. The molecule has 0 saturated carbocycles. The lowest BCUT2D eigenvalue weighted by Crippen LogP contribution is -2.55. The summed E-state index contributed by atoms with van der Waals surface area (Å²) in [4.78, 5) is 16.8. The Bertz CT molecular complexity index is 1010. The molecular weight excluding hydrogens is 409 g/mol. The van der Waals surface area contributed by atoms with Gasteiger partial charge in [-0.15, -0.1) is 0 Å². The number of benzene rings is 2. The molecule has 3 rings (SSSR count). The Labute approximate surface area is 176 Å². The molecule has 0 bridgehead atoms. The van der Waals surface area contributed by atoms with E-state index in [1.54, 1.807) is 18.1 Å². The van der Waals surface area contributed by atoms with Gasteiger partial charge in [-0.2, -0.15) is 0 Å². The highest BCUT2D eigenvalue weighted by Gasteiger charge is 2.34. The van der Waals surface area contributed by atoms with E-state index in [4.69, 9.17) is 4.74 Å². The Hall–Kier alpha value is -2.81. The number of carbonyl (C=O) groups is 1. The molecule has 1 atom stereocenters. The van der Waals surface area contributed by atoms with Crippen molar-refractivity contribution >= 4 is 27.3 Å². The average Bonchev–Trinajstić information content (AvgIpc) is 2.74. The maximum atomic E-state index is 14.3. The Morgan fingerprint density at radius 2 is 1.67 bits per heavy atom. The van der Waals surface area contributed by atoms with Gasteiger partial charge in [0.05, 0.1) is 24.7 Å². The van der Waals surface area contributed by atoms with E-state index in [0.29, 0.717) is 26.2 Å². The number of rotatable bonds is 6. The normalized spacial score (nSPS) is 15.6. The van der Waals surface area contributed by atoms with Crippen molar-refractivity contribution in [2.75, 3.05) is 48.7 Å². The maximum absolute atomic E-state index is 14.3. The monoisotopic (exact) mass is 435 g/mol. The molecule has 0 aromatic heterocycles. The number of hydrogen-bond acceptors (Lipinski definition) is 5. The first-order valence-electron chi connectivity index (χ1n) is 9.64. The summed E-state index contributed by atoms with van der Waals surface area (Å²) in [5.74, 6) is -0.291. The molecule has 2 aromatic carbocycles. The molecule has 0 unspecified atom stereocenters. The second-order valence-electron chi connectivity index (χ2n) is 7.17. The van der Waals surface area contributed by atoms with Crippen LogP contribution in [-0.4, -0.2) is 64.8 Å². The number of sulfonamides is 1. The SMILES string of the molecule is COc1ccccc1N1CCN(C(=O)[C@H](C)N(c2ccccc2F)S(C)(=O)=O)CC1. The molecule has 2 aromatic rings. The van der Waals surface area contributed by atoms with Gasteiger partial charge in [0.15, 0.2) is 0 Å². The van der Waals surface area contributed by atoms with Gasteiger partial charge in [0.25, 0.3) is 0 Å². The van der Waals surface area contributed by atoms with E-state index >= 15 is 0 Å². The van der Waals surface area contributed by atoms with Crippen molar-refractivity contribution in [2.45, 2.75) is 13.0 Å². The third-order valence-electron chi connectivity index (χ3n) is 5.17. The molecule has 0 aliphatic carbocycles. The van der Waals surface area contributed by atoms with Crippen LogP contribution in [0, 0.1) is 5.82 Å². The third kappa shape index (κ3) is 4.51. The van der Waals surface area contributed by atoms with Crippen molar-refractivity contribution in [2.24, 2.45) is 0 Å². The summed E-state index contributed by atoms with van der Waals surface area (Å²) in [6.45, 7) is 3.50. The zero-order chi connectivity index (χ0) is 21.9. The summed E-state index contributed by atoms with van der Waals surface area (Å²) in [7, 11) is -2.25. The van der Waals surface area contributed by atoms with E-state index in [1.165, 1.54) is 25.1 Å². The Morgan fingerprint density at radius 3 is 2.27 bits per heavy atom. The number of anilines is 2. The number of carbonyl (C=O) groups excluding carboxylic acids is 1. The first-order valence-corrected chi connectivity index (χ1v) is 11.5. The lowest BCUT2D eigenvalue weighted by Gasteiger charge is -2.39. The van der Waals surface area contributed by atoms with Gasteiger partial charge in [-0.3, -0.25) is 9.10 Å². The van der Waals surface area contributed by atoms with Crippen LogP contribution >= 0.6 is 0 Å². The largest absolute Gasteiger partial charge is 0.495 e. The van der Waals surface area contributed by atoms with Crippen LogP contribution < -0.4 is 13.9 Å². The predicted molar refractivity (Wildman–Crippen MR) is 115 cm³/mol. The van der Waals surface area contributed by atoms with E-state index in [-0.39, 0.29) is 11.6 Å². The van der Waals surface area contributed by atoms with Crippen LogP contribution in [-0.2, 0) is 14.8 Å². The topological polar surface area (TPSA) is 70.2 Å². The van der Waals surface area contributed by atoms with Crippen LogP contribution in [0.1, 0.15) is 6.92 Å². The highest BCUT2D eigenvalue weighted by molar-refractivity contribution is 7.92. The van der Waals surface area contributed by atoms with Crippen molar-refractivity contribution in [3.8, 4) is 5.75 Å². The number of nitrogens with zero attached hydrogens (tertiary/aromatic N) is 3. The molecule has 0 N–H and O–H groups in total. The molecule has 1 amide bonds. The first-order chi connectivity index (χ1) is 14.2. The Kier molecular flexibility index (Phi) is 6.50. The van der Waals surface area contributed by atoms with Crippen LogP contribution in [0.3, 0.4) is 0 Å². The summed E-state index contributed by atoms with van der Waals surface area (Å²) in [5.41, 5.74) is 0.817. The highest BCUT2D eigenvalue weighted by Crippen LogP contribution is 2.29. The second kappa shape index (κ2) is 8.91. The van der Waals surface area contributed by atoms with E-state index in [9.17, 15) is 17.6 Å². The van der Waals surface area contributed by atoms with Crippen LogP contribution in [0.15, 0.2) is 48.5 Å². The Morgan fingerprint density at radius 1 is 1.07 bits per heavy atom. The van der Waals surface area contributed by atoms with Crippen LogP contribution in [0.2, 0.25) is 0 Å². The number of amides is 1. The van der Waals surface area contributed by atoms with E-state index in [2.05, 4.69) is 4.90 Å². The molecule has 7 nitrogen and oxygen atoms in total. The van der Waals surface area contributed by atoms with Gasteiger partial charge in [0, 0.05) is 26.2 Å². The molecule has 0 spiro atoms. The molecule has 1 saturated heterocycles. The van der Waals surface area contributed by atoms with E-state index < -0.39 is 21.9 Å². The zero-order valence-corrected chi connectivity index (χ0v) is 18.1. The van der Waals surface area contributed by atoms with Crippen LogP contribution in [0.25, 0.3) is 0 Å². The number of para-hydroxylation sites is 3. The number of methoxy groups -OCH3 is 1. The number of hydrogen-bond donors (Lipinski definition) is 0. The van der Waals surface area contributed by atoms with Gasteiger partial charge in [0.2, 0.25) is 15.9 Å². The fourth-order valence-electron chi connectivity index (χ4n) is 3.73. The summed E-state index contributed by atoms with van der Waals surface area (Å²) >= 11 is 0. The zero-order valence-electron chi connectivity index (χ0n) is 17.3. The minimum absolute atomic E-state index is 0.131. The molecule has 0 radical (unpaired) electrons. The van der Waals surface area contributed by atoms with Crippen molar-refractivity contribution in [1.29, 1.82) is 0 Å². The van der Waals surface area contributed by atoms with Crippen molar-refractivity contribution in [1.82, 2.24) is 4.90 Å². The number of ether oxygens (including phenoxy) is 1. The average molecular weight is 436 g/mol. The smallest absolute Gasteiger partial charge is 0.246 e. The van der Waals surface area contributed by atoms with Crippen molar-refractivity contribution in [3.05, 3.63) is 54.3 Å². The number of piperazine rings is 1. The minimum Gasteiger partial charge on any atom is -0.495 e. The molecule has 1 aliphatic heterocycles. The lowest BCUT2D eigenvalue weighted by molar-refractivity contribution is -0.132. The van der Waals surface area contributed by atoms with Gasteiger partial charge >= 0.3 is 0 Å². The second-order valence-corrected chi connectivity index (χ2v) is 9.03. The molecule has 30 heavy (non-hydrogen) atoms. The maximum Gasteiger partial charge on any atom is 0.246 e. The molecular formula is C21H26FN3O4S. The fourth-order valence-corrected chi connectivity index (χ4v) is 4.90. The standard InChI is InChI=1S/C21H26FN3O4S/c1-16(25(30(3,27)28)18-9-5-4-8-17(18)22)21(26)24-14-12-23(13-15-24)19-10-6-7-11-20(19)29-2/h4-11,16H,12-15H2,1-3H3/t16-/m0/s1. The first kappa shape index (κ1) is 21.9. The summed E-state index contributed by atoms with van der Waals surface area (Å²) < 4.78 is 45.3. The molecule has 1 fully saturated rings. The van der Waals surface area contributed by atoms with Crippen LogP contribution in [0.4, 0.5) is 15.8 Å². The van der Waals surface area contributed by atoms with Gasteiger partial charge < -0.3 is 14.5 Å². The highest BCUT2D eigenvalue weighted by atomic mass is 32.2. The van der Waals surface area contributed by atoms with Gasteiger partial charge in [-0.1, -0.05) is 24.3 Å². The number of halogens is 1. The molecule has 1 heterocycles. The molecule has 162 valence electrons. The van der Waals surface area contributed by atoms with E-state index in [0.717, 1.165) is 22.0 Å². The quantitative estimate of drug-likeness (QED) is 0.697. The summed E-state index contributed by atoms with van der Waals surface area (Å²) in [5, 5.41) is 0. The summed E-state index contributed by atoms with van der Waals surface area (Å²) in [6, 6.07) is 12.2. The van der Waals surface area contributed by atoms with Crippen molar-refractivity contribution in [3.63, 3.8) is 0 Å². The molecule has 9 heteroatoms. The summed E-state index contributed by atoms with van der Waals surface area (Å²) in [6.07, 6.45) is 0.975. The lowest BCUT2D eigenvalue weighted by atomic mass is 10.2. The van der Waals surface area contributed by atoms with E-state index in [1.807, 2.05) is 24.3 Å². The van der Waals surface area contributed by atoms with Crippen LogP contribution in [0.5, 0.6) is 5.75 Å². The minimum atomic E-state index is -3.87. The van der Waals surface area contributed by atoms with Crippen molar-refractivity contribution < 1.29 is 22.3 Å². The molecule has 1 aliphatic rings. The van der Waals surface area contributed by atoms with Gasteiger partial charge in [-0.05, 0) is 31.2 Å².